The summed E-state index contributed by atoms with van der Waals surface area (Å²) in [6.07, 6.45) is 1.82. The molecule has 0 fully saturated rings. The van der Waals surface area contributed by atoms with E-state index < -0.39 is 6.04 Å². The molecule has 0 aliphatic carbocycles. The molecule has 4 rings (SSSR count). The summed E-state index contributed by atoms with van der Waals surface area (Å²) in [6.45, 7) is 0.162. The molecule has 2 aliphatic rings. The van der Waals surface area contributed by atoms with Gasteiger partial charge in [-0.15, -0.1) is 5.10 Å². The van der Waals surface area contributed by atoms with Gasteiger partial charge >= 0.3 is 0 Å². The molecule has 1 aromatic carbocycles. The minimum atomic E-state index is -0.757. The molecule has 0 saturated carbocycles. The van der Waals surface area contributed by atoms with Crippen molar-refractivity contribution in [2.45, 2.75) is 17.6 Å². The van der Waals surface area contributed by atoms with Gasteiger partial charge in [0, 0.05) is 11.8 Å². The van der Waals surface area contributed by atoms with Crippen molar-refractivity contribution in [3.63, 3.8) is 0 Å². The number of ether oxygens (including phenoxy) is 2. The van der Waals surface area contributed by atoms with Gasteiger partial charge in [0.1, 0.15) is 6.04 Å². The number of aromatic nitrogens is 3. The van der Waals surface area contributed by atoms with Crippen LogP contribution >= 0.6 is 11.8 Å². The fraction of sp³-hybridized carbons (Fsp3) is 0.286. The molecule has 3 heterocycles. The zero-order chi connectivity index (χ0) is 16.7. The molecular weight excluding hydrogens is 334 g/mol. The Hall–Kier alpha value is -2.75. The number of fused-ring (bicyclic) bond motifs is 2. The Morgan fingerprint density at radius 3 is 3.08 bits per heavy atom. The zero-order valence-electron chi connectivity index (χ0n) is 12.6. The molecule has 10 heteroatoms. The molecule has 0 unspecified atom stereocenters. The first-order valence-electron chi connectivity index (χ1n) is 7.15. The maximum absolute atomic E-state index is 12.6. The molecule has 2 amide bonds. The number of hydrogen-bond acceptors (Lipinski definition) is 7. The molecule has 0 radical (unpaired) electrons. The van der Waals surface area contributed by atoms with Crippen LogP contribution in [0.15, 0.2) is 23.4 Å². The van der Waals surface area contributed by atoms with Crippen LogP contribution in [0.2, 0.25) is 0 Å². The highest BCUT2D eigenvalue weighted by Gasteiger charge is 2.33. The molecule has 0 spiro atoms. The quantitative estimate of drug-likeness (QED) is 0.805. The number of amides is 2. The lowest BCUT2D eigenvalue weighted by Crippen LogP contribution is -2.36. The molecule has 0 bridgehead atoms. The molecule has 124 valence electrons. The molecule has 2 aliphatic heterocycles. The van der Waals surface area contributed by atoms with E-state index in [9.17, 15) is 9.59 Å². The van der Waals surface area contributed by atoms with Crippen molar-refractivity contribution in [1.82, 2.24) is 14.8 Å². The van der Waals surface area contributed by atoms with Crippen LogP contribution in [-0.4, -0.2) is 39.6 Å². The van der Waals surface area contributed by atoms with Gasteiger partial charge in [-0.3, -0.25) is 14.9 Å². The number of carbonyl (C=O) groups is 2. The molecule has 24 heavy (non-hydrogen) atoms. The van der Waals surface area contributed by atoms with E-state index in [4.69, 9.17) is 9.47 Å². The molecule has 2 N–H and O–H groups in total. The standard InChI is InChI=1S/C14H13N5O4S/c1-24-14-17-13-16-11(20)5-8(19(13)18-14)12(21)15-7-2-3-9-10(4-7)23-6-22-9/h2-4,8H,5-6H2,1H3,(H,15,21)(H,16,17,18,20)/t8-/m0/s1. The summed E-state index contributed by atoms with van der Waals surface area (Å²) in [7, 11) is 0. The second-order valence-electron chi connectivity index (χ2n) is 5.19. The van der Waals surface area contributed by atoms with Crippen LogP contribution in [0.25, 0.3) is 0 Å². The van der Waals surface area contributed by atoms with E-state index in [0.29, 0.717) is 22.3 Å². The highest BCUT2D eigenvalue weighted by Crippen LogP contribution is 2.34. The maximum Gasteiger partial charge on any atom is 0.249 e. The Labute approximate surface area is 140 Å². The first kappa shape index (κ1) is 14.8. The van der Waals surface area contributed by atoms with Crippen LogP contribution in [0.1, 0.15) is 12.5 Å². The van der Waals surface area contributed by atoms with Gasteiger partial charge in [-0.1, -0.05) is 11.8 Å². The van der Waals surface area contributed by atoms with Crippen LogP contribution in [0.3, 0.4) is 0 Å². The number of carbonyl (C=O) groups excluding carboxylic acids is 2. The fourth-order valence-corrected chi connectivity index (χ4v) is 2.88. The minimum absolute atomic E-state index is 0.000562. The van der Waals surface area contributed by atoms with Gasteiger partial charge < -0.3 is 14.8 Å². The number of anilines is 2. The first-order valence-corrected chi connectivity index (χ1v) is 8.37. The molecular formula is C14H13N5O4S. The Morgan fingerprint density at radius 2 is 2.25 bits per heavy atom. The second-order valence-corrected chi connectivity index (χ2v) is 5.97. The van der Waals surface area contributed by atoms with E-state index >= 15 is 0 Å². The lowest BCUT2D eigenvalue weighted by atomic mass is 10.1. The van der Waals surface area contributed by atoms with Crippen molar-refractivity contribution in [3.05, 3.63) is 18.2 Å². The Balaban J connectivity index is 1.58. The lowest BCUT2D eigenvalue weighted by Gasteiger charge is -2.22. The second kappa shape index (κ2) is 5.71. The highest BCUT2D eigenvalue weighted by molar-refractivity contribution is 7.98. The lowest BCUT2D eigenvalue weighted by molar-refractivity contribution is -0.125. The van der Waals surface area contributed by atoms with Crippen LogP contribution in [-0.2, 0) is 9.59 Å². The third kappa shape index (κ3) is 2.54. The Morgan fingerprint density at radius 1 is 1.42 bits per heavy atom. The number of nitrogens with one attached hydrogen (secondary N) is 2. The van der Waals surface area contributed by atoms with Crippen molar-refractivity contribution in [2.75, 3.05) is 23.7 Å². The predicted octanol–water partition coefficient (Wildman–Crippen LogP) is 1.25. The average molecular weight is 347 g/mol. The summed E-state index contributed by atoms with van der Waals surface area (Å²) in [6, 6.07) is 4.36. The summed E-state index contributed by atoms with van der Waals surface area (Å²) in [5.74, 6) is 0.867. The summed E-state index contributed by atoms with van der Waals surface area (Å²) >= 11 is 1.34. The van der Waals surface area contributed by atoms with Crippen molar-refractivity contribution >= 4 is 35.2 Å². The maximum atomic E-state index is 12.6. The van der Waals surface area contributed by atoms with Crippen LogP contribution in [0, 0.1) is 0 Å². The van der Waals surface area contributed by atoms with E-state index in [0.717, 1.165) is 0 Å². The fourth-order valence-electron chi connectivity index (χ4n) is 2.53. The monoisotopic (exact) mass is 347 g/mol. The average Bonchev–Trinajstić information content (AvgIpc) is 3.19. The summed E-state index contributed by atoms with van der Waals surface area (Å²) < 4.78 is 12.0. The summed E-state index contributed by atoms with van der Waals surface area (Å²) in [5.41, 5.74) is 0.557. The van der Waals surface area contributed by atoms with E-state index in [1.165, 1.54) is 16.4 Å². The van der Waals surface area contributed by atoms with Gasteiger partial charge in [0.15, 0.2) is 11.5 Å². The Kier molecular flexibility index (Phi) is 3.53. The molecule has 1 aromatic heterocycles. The minimum Gasteiger partial charge on any atom is -0.454 e. The smallest absolute Gasteiger partial charge is 0.249 e. The normalized spacial score (nSPS) is 18.0. The van der Waals surface area contributed by atoms with Gasteiger partial charge in [-0.25, -0.2) is 4.68 Å². The predicted molar refractivity (Wildman–Crippen MR) is 85.3 cm³/mol. The van der Waals surface area contributed by atoms with Crippen molar-refractivity contribution in [3.8, 4) is 11.5 Å². The van der Waals surface area contributed by atoms with E-state index in [2.05, 4.69) is 20.7 Å². The van der Waals surface area contributed by atoms with E-state index in [1.807, 2.05) is 6.26 Å². The third-order valence-electron chi connectivity index (χ3n) is 3.66. The number of benzene rings is 1. The molecule has 2 aromatic rings. The first-order chi connectivity index (χ1) is 11.6. The van der Waals surface area contributed by atoms with E-state index in [-0.39, 0.29) is 31.0 Å². The molecule has 9 nitrogen and oxygen atoms in total. The summed E-state index contributed by atoms with van der Waals surface area (Å²) in [5, 5.41) is 10.1. The van der Waals surface area contributed by atoms with Crippen LogP contribution < -0.4 is 20.1 Å². The molecule has 0 saturated heterocycles. The van der Waals surface area contributed by atoms with Gasteiger partial charge in [-0.2, -0.15) is 4.98 Å². The van der Waals surface area contributed by atoms with Gasteiger partial charge in [0.25, 0.3) is 0 Å². The number of nitrogens with zero attached hydrogens (tertiary/aromatic N) is 3. The van der Waals surface area contributed by atoms with Crippen molar-refractivity contribution in [1.29, 1.82) is 0 Å². The number of rotatable bonds is 3. The molecule has 1 atom stereocenters. The summed E-state index contributed by atoms with van der Waals surface area (Å²) in [4.78, 5) is 28.6. The number of hydrogen-bond donors (Lipinski definition) is 2. The van der Waals surface area contributed by atoms with E-state index in [1.54, 1.807) is 18.2 Å². The van der Waals surface area contributed by atoms with Gasteiger partial charge in [0.05, 0.1) is 6.42 Å². The van der Waals surface area contributed by atoms with Crippen LogP contribution in [0.5, 0.6) is 11.5 Å². The van der Waals surface area contributed by atoms with Crippen LogP contribution in [0.4, 0.5) is 11.6 Å². The third-order valence-corrected chi connectivity index (χ3v) is 4.20. The highest BCUT2D eigenvalue weighted by atomic mass is 32.2. The van der Waals surface area contributed by atoms with Gasteiger partial charge in [-0.05, 0) is 18.4 Å². The zero-order valence-corrected chi connectivity index (χ0v) is 13.4. The van der Waals surface area contributed by atoms with Crippen molar-refractivity contribution in [2.24, 2.45) is 0 Å². The SMILES string of the molecule is CSc1nc2n(n1)[C@H](C(=O)Nc1ccc3c(c1)OCO3)CC(=O)N2. The topological polar surface area (TPSA) is 107 Å². The largest absolute Gasteiger partial charge is 0.454 e. The van der Waals surface area contributed by atoms with Gasteiger partial charge in [0.2, 0.25) is 29.7 Å². The number of thioether (sulfide) groups is 1. The van der Waals surface area contributed by atoms with Crippen molar-refractivity contribution < 1.29 is 19.1 Å². The Bertz CT molecular complexity index is 837.